The maximum atomic E-state index is 13.0. The van der Waals surface area contributed by atoms with Gasteiger partial charge in [-0.05, 0) is 12.2 Å². The number of allylic oxidation sites excluding steroid dienone is 1. The second-order valence-electron chi connectivity index (χ2n) is 7.84. The molecule has 2 aromatic heterocycles. The number of esters is 3. The van der Waals surface area contributed by atoms with Crippen LogP contribution in [0.1, 0.15) is 33.9 Å². The van der Waals surface area contributed by atoms with Crippen LogP contribution in [0.4, 0.5) is 5.95 Å². The lowest BCUT2D eigenvalue weighted by Crippen LogP contribution is -2.40. The van der Waals surface area contributed by atoms with E-state index >= 15 is 0 Å². The van der Waals surface area contributed by atoms with E-state index in [-0.39, 0.29) is 35.0 Å². The second-order valence-corrected chi connectivity index (χ2v) is 8.20. The Kier molecular flexibility index (Phi) is 8.04. The summed E-state index contributed by atoms with van der Waals surface area (Å²) in [6.07, 6.45) is -3.24. The number of amides is 1. The number of aromatic nitrogens is 4. The van der Waals surface area contributed by atoms with Gasteiger partial charge in [0.25, 0.3) is 5.56 Å². The Morgan fingerprint density at radius 2 is 1.78 bits per heavy atom. The predicted molar refractivity (Wildman–Crippen MR) is 125 cm³/mol. The van der Waals surface area contributed by atoms with Crippen molar-refractivity contribution in [1.82, 2.24) is 19.1 Å². The summed E-state index contributed by atoms with van der Waals surface area (Å²) in [6.45, 7) is 8.20. The highest BCUT2D eigenvalue weighted by Crippen LogP contribution is 2.36. The highest BCUT2D eigenvalue weighted by molar-refractivity contribution is 7.71. The SMILES string of the molecule is C=CCn1c(=S)n([C@@H]2O[C@H](COC(C)=O)[C@@H](OC(C)=O)[C@H]2OC(C)=O)c2nc(NC(C)=O)[nH]c(=O)c21. The quantitative estimate of drug-likeness (QED) is 0.216. The number of ether oxygens (including phenoxy) is 4. The molecule has 3 heterocycles. The fraction of sp³-hybridized carbons (Fsp3) is 0.476. The van der Waals surface area contributed by atoms with Gasteiger partial charge in [-0.2, -0.15) is 4.98 Å². The average molecular weight is 524 g/mol. The Morgan fingerprint density at radius 3 is 2.33 bits per heavy atom. The molecule has 2 aromatic rings. The largest absolute Gasteiger partial charge is 0.463 e. The second kappa shape index (κ2) is 10.8. The summed E-state index contributed by atoms with van der Waals surface area (Å²) in [5.41, 5.74) is -0.594. The van der Waals surface area contributed by atoms with Gasteiger partial charge in [0.2, 0.25) is 11.9 Å². The van der Waals surface area contributed by atoms with Gasteiger partial charge < -0.3 is 23.5 Å². The monoisotopic (exact) mass is 523 g/mol. The van der Waals surface area contributed by atoms with E-state index in [2.05, 4.69) is 21.9 Å². The van der Waals surface area contributed by atoms with Gasteiger partial charge in [0.05, 0.1) is 0 Å². The maximum Gasteiger partial charge on any atom is 0.303 e. The van der Waals surface area contributed by atoms with Crippen molar-refractivity contribution in [3.05, 3.63) is 27.8 Å². The molecule has 1 saturated heterocycles. The summed E-state index contributed by atoms with van der Waals surface area (Å²) >= 11 is 5.61. The normalized spacial score (nSPS) is 21.1. The van der Waals surface area contributed by atoms with Crippen LogP contribution in [-0.4, -0.2) is 67.8 Å². The summed E-state index contributed by atoms with van der Waals surface area (Å²) in [6, 6.07) is 0. The first kappa shape index (κ1) is 26.7. The van der Waals surface area contributed by atoms with E-state index in [1.165, 1.54) is 29.1 Å². The highest BCUT2D eigenvalue weighted by atomic mass is 32.1. The van der Waals surface area contributed by atoms with Gasteiger partial charge in [0, 0.05) is 34.2 Å². The van der Waals surface area contributed by atoms with Crippen LogP contribution in [0.5, 0.6) is 0 Å². The van der Waals surface area contributed by atoms with Gasteiger partial charge in [0.1, 0.15) is 12.7 Å². The Bertz CT molecular complexity index is 1340. The topological polar surface area (TPSA) is 173 Å². The molecule has 15 heteroatoms. The number of anilines is 1. The molecule has 0 unspecified atom stereocenters. The van der Waals surface area contributed by atoms with Crippen molar-refractivity contribution in [3.63, 3.8) is 0 Å². The Labute approximate surface area is 209 Å². The average Bonchev–Trinajstić information content (AvgIpc) is 3.20. The molecule has 0 spiro atoms. The van der Waals surface area contributed by atoms with Crippen LogP contribution >= 0.6 is 12.2 Å². The molecule has 1 amide bonds. The van der Waals surface area contributed by atoms with Crippen molar-refractivity contribution in [2.75, 3.05) is 11.9 Å². The molecule has 0 saturated carbocycles. The molecule has 1 aliphatic heterocycles. The van der Waals surface area contributed by atoms with E-state index in [1.807, 2.05) is 0 Å². The number of rotatable bonds is 8. The van der Waals surface area contributed by atoms with Gasteiger partial charge in [-0.3, -0.25) is 38.8 Å². The van der Waals surface area contributed by atoms with Crippen LogP contribution in [0.25, 0.3) is 11.2 Å². The molecule has 1 aliphatic rings. The molecule has 2 N–H and O–H groups in total. The summed E-state index contributed by atoms with van der Waals surface area (Å²) < 4.78 is 24.7. The number of H-pyrrole nitrogens is 1. The van der Waals surface area contributed by atoms with E-state index in [0.717, 1.165) is 13.8 Å². The van der Waals surface area contributed by atoms with Crippen LogP contribution in [0, 0.1) is 4.77 Å². The maximum absolute atomic E-state index is 13.0. The third-order valence-corrected chi connectivity index (χ3v) is 5.43. The van der Waals surface area contributed by atoms with E-state index in [9.17, 15) is 24.0 Å². The lowest BCUT2D eigenvalue weighted by Gasteiger charge is -2.23. The summed E-state index contributed by atoms with van der Waals surface area (Å²) in [7, 11) is 0. The fourth-order valence-corrected chi connectivity index (χ4v) is 4.19. The molecule has 0 radical (unpaired) electrons. The Hall–Kier alpha value is -3.85. The molecular weight excluding hydrogens is 498 g/mol. The molecule has 4 atom stereocenters. The lowest BCUT2D eigenvalue weighted by molar-refractivity contribution is -0.166. The number of nitrogens with one attached hydrogen (secondary N) is 2. The van der Waals surface area contributed by atoms with Crippen molar-refractivity contribution >= 4 is 53.1 Å². The first-order chi connectivity index (χ1) is 16.9. The molecule has 0 aliphatic carbocycles. The molecule has 3 rings (SSSR count). The summed E-state index contributed by atoms with van der Waals surface area (Å²) in [5.74, 6) is -2.67. The minimum absolute atomic E-state index is 0.00814. The van der Waals surface area contributed by atoms with Gasteiger partial charge in [-0.1, -0.05) is 6.08 Å². The minimum Gasteiger partial charge on any atom is -0.463 e. The highest BCUT2D eigenvalue weighted by Gasteiger charge is 2.51. The van der Waals surface area contributed by atoms with Crippen LogP contribution < -0.4 is 10.9 Å². The van der Waals surface area contributed by atoms with Crippen LogP contribution in [0.3, 0.4) is 0 Å². The van der Waals surface area contributed by atoms with Crippen LogP contribution in [0.2, 0.25) is 0 Å². The van der Waals surface area contributed by atoms with E-state index in [4.69, 9.17) is 31.2 Å². The summed E-state index contributed by atoms with van der Waals surface area (Å²) in [4.78, 5) is 66.6. The lowest BCUT2D eigenvalue weighted by atomic mass is 10.1. The van der Waals surface area contributed by atoms with Crippen molar-refractivity contribution in [2.24, 2.45) is 0 Å². The number of imidazole rings is 1. The van der Waals surface area contributed by atoms with Gasteiger partial charge in [-0.15, -0.1) is 6.58 Å². The van der Waals surface area contributed by atoms with E-state index in [1.54, 1.807) is 0 Å². The molecule has 0 aromatic carbocycles. The zero-order valence-electron chi connectivity index (χ0n) is 19.9. The number of carbonyl (C=O) groups excluding carboxylic acids is 4. The molecule has 0 bridgehead atoms. The molecule has 14 nitrogen and oxygen atoms in total. The van der Waals surface area contributed by atoms with Crippen molar-refractivity contribution in [3.8, 4) is 0 Å². The molecule has 1 fully saturated rings. The fourth-order valence-electron chi connectivity index (χ4n) is 3.84. The Balaban J connectivity index is 2.26. The minimum atomic E-state index is -1.26. The zero-order valence-corrected chi connectivity index (χ0v) is 20.7. The van der Waals surface area contributed by atoms with Gasteiger partial charge >= 0.3 is 17.9 Å². The van der Waals surface area contributed by atoms with E-state index < -0.39 is 53.9 Å². The number of carbonyl (C=O) groups is 4. The standard InChI is InChI=1S/C21H25N5O9S/c1-6-7-25-14-17(23-20(22-9(2)27)24-18(14)31)26(21(25)36)19-16(34-12(5)30)15(33-11(4)29)13(35-19)8-32-10(3)28/h6,13,15-16,19H,1,7-8H2,2-5H3,(H2,22,23,24,27,31)/t13-,15-,16-,19-/m1/s1. The molecule has 36 heavy (non-hydrogen) atoms. The van der Waals surface area contributed by atoms with Gasteiger partial charge in [-0.25, -0.2) is 0 Å². The zero-order chi connectivity index (χ0) is 26.7. The number of hydrogen-bond acceptors (Lipinski definition) is 11. The third-order valence-electron chi connectivity index (χ3n) is 5.01. The van der Waals surface area contributed by atoms with Crippen molar-refractivity contribution in [2.45, 2.75) is 58.8 Å². The number of aromatic amines is 1. The smallest absolute Gasteiger partial charge is 0.303 e. The molecular formula is C21H25N5O9S. The predicted octanol–water partition coefficient (Wildman–Crippen LogP) is 0.724. The number of fused-ring (bicyclic) bond motifs is 1. The first-order valence-electron chi connectivity index (χ1n) is 10.7. The molecule has 194 valence electrons. The van der Waals surface area contributed by atoms with Gasteiger partial charge in [0.15, 0.2) is 34.4 Å². The van der Waals surface area contributed by atoms with Crippen molar-refractivity contribution in [1.29, 1.82) is 0 Å². The van der Waals surface area contributed by atoms with Crippen LogP contribution in [0.15, 0.2) is 17.4 Å². The van der Waals surface area contributed by atoms with Crippen molar-refractivity contribution < 1.29 is 38.1 Å². The third kappa shape index (κ3) is 5.52. The summed E-state index contributed by atoms with van der Waals surface area (Å²) in [5, 5.41) is 2.40. The first-order valence-corrected chi connectivity index (χ1v) is 11.1. The Morgan fingerprint density at radius 1 is 1.14 bits per heavy atom. The number of hydrogen-bond donors (Lipinski definition) is 2. The van der Waals surface area contributed by atoms with E-state index in [0.29, 0.717) is 0 Å². The van der Waals surface area contributed by atoms with Crippen LogP contribution in [-0.2, 0) is 44.7 Å². The number of nitrogens with zero attached hydrogens (tertiary/aromatic N) is 3.